The first-order chi connectivity index (χ1) is 31.8. The van der Waals surface area contributed by atoms with Gasteiger partial charge in [0.25, 0.3) is 0 Å². The van der Waals surface area contributed by atoms with Crippen LogP contribution in [0.25, 0.3) is 0 Å². The summed E-state index contributed by atoms with van der Waals surface area (Å²) in [6.07, 6.45) is 4.95. The van der Waals surface area contributed by atoms with Crippen molar-refractivity contribution in [3.63, 3.8) is 0 Å². The van der Waals surface area contributed by atoms with Crippen LogP contribution in [0.5, 0.6) is 28.7 Å². The zero-order valence-corrected chi connectivity index (χ0v) is 45.3. The van der Waals surface area contributed by atoms with Gasteiger partial charge in [0.15, 0.2) is 121 Å². The van der Waals surface area contributed by atoms with Crippen molar-refractivity contribution < 1.29 is 98.3 Å². The van der Waals surface area contributed by atoms with E-state index in [9.17, 15) is 64.0 Å². The highest BCUT2D eigenvalue weighted by molar-refractivity contribution is 9.11. The molecule has 0 atom stereocenters. The molecule has 3 N–H and O–H groups in total. The Balaban J connectivity index is 0.000000439. The van der Waals surface area contributed by atoms with Crippen LogP contribution in [-0.2, 0) is 58.7 Å². The first-order valence-electron chi connectivity index (χ1n) is 18.5. The van der Waals surface area contributed by atoms with Crippen molar-refractivity contribution in [2.45, 2.75) is 38.3 Å². The number of ether oxygens (including phenoxy) is 4. The molecule has 5 aromatic rings. The fourth-order valence-electron chi connectivity index (χ4n) is 4.61. The lowest BCUT2D eigenvalue weighted by molar-refractivity contribution is 0.0475. The van der Waals surface area contributed by atoms with Crippen molar-refractivity contribution in [3.8, 4) is 28.7 Å². The van der Waals surface area contributed by atoms with E-state index in [1.165, 1.54) is 39.3 Å². The minimum atomic E-state index is -3.45. The van der Waals surface area contributed by atoms with Crippen LogP contribution < -0.4 is 9.47 Å². The van der Waals surface area contributed by atoms with E-state index in [0.717, 1.165) is 79.8 Å². The molecule has 17 nitrogen and oxygen atoms in total. The van der Waals surface area contributed by atoms with Gasteiger partial charge in [-0.15, -0.1) is 0 Å². The van der Waals surface area contributed by atoms with Crippen LogP contribution in [-0.4, -0.2) is 116 Å². The largest absolute Gasteiger partial charge is 0.505 e. The number of hydrogen-bond acceptors (Lipinski definition) is 17. The lowest BCUT2D eigenvalue weighted by Gasteiger charge is -2.10. The molecule has 0 unspecified atom stereocenters. The molecule has 390 valence electrons. The number of halogens is 7. The number of aryl methyl sites for hydroxylation is 2. The van der Waals surface area contributed by atoms with Crippen molar-refractivity contribution in [2.75, 3.05) is 59.1 Å². The van der Waals surface area contributed by atoms with Crippen LogP contribution in [0, 0.1) is 42.9 Å². The standard InChI is InChI=1S/C10H13FO4S.C9H10BrFO4S.C8H9FO3S.C7H6BrFO3S.C7H7FO3S/c1-7-4-8(16(3,12)13)5-9(11)10(7)15-6-14-2;1-14-5-15-9-7(10)3-6(4-8(9)11)16(2,12)13;1-5-3-6(13(2,11)12)4-7(9)8(5)10;1-13(11,12)4-2-5(8)7(10)6(9)3-4;1-12(10,11)5-2-3-7(9)6(8)4-5/h4-5H,6H2,1-3H3;3-4H,5H2,1-2H3;3-4,10H,1-2H3;2-3,10H,1H3;2-4,9H,1H3. The average molecular weight is 1220 g/mol. The van der Waals surface area contributed by atoms with Crippen LogP contribution in [0.2, 0.25) is 0 Å². The third kappa shape index (κ3) is 20.2. The monoisotopic (exact) mass is 1220 g/mol. The Kier molecular flexibility index (Phi) is 23.7. The lowest BCUT2D eigenvalue weighted by Crippen LogP contribution is -2.05. The van der Waals surface area contributed by atoms with E-state index in [0.29, 0.717) is 5.56 Å². The molecular weight excluding hydrogens is 1180 g/mol. The molecule has 0 bridgehead atoms. The van der Waals surface area contributed by atoms with Gasteiger partial charge in [-0.3, -0.25) is 0 Å². The van der Waals surface area contributed by atoms with Crippen LogP contribution >= 0.6 is 31.9 Å². The van der Waals surface area contributed by atoms with Crippen LogP contribution in [0.1, 0.15) is 11.1 Å². The molecular formula is C41H45Br2F5O17S5. The number of phenolic OH excluding ortho intramolecular Hbond substituents is 3. The normalized spacial score (nSPS) is 11.5. The van der Waals surface area contributed by atoms with E-state index in [4.69, 9.17) is 24.8 Å². The topological polar surface area (TPSA) is 268 Å². The highest BCUT2D eigenvalue weighted by Crippen LogP contribution is 2.32. The van der Waals surface area contributed by atoms with Crippen LogP contribution in [0.4, 0.5) is 22.0 Å². The number of rotatable bonds is 11. The molecule has 0 aromatic heterocycles. The fraction of sp³-hybridized carbons (Fsp3) is 0.268. The summed E-state index contributed by atoms with van der Waals surface area (Å²) >= 11 is 5.87. The summed E-state index contributed by atoms with van der Waals surface area (Å²) in [6.45, 7) is 2.81. The second kappa shape index (κ2) is 26.2. The summed E-state index contributed by atoms with van der Waals surface area (Å²) in [5.74, 6) is -6.00. The number of methoxy groups -OCH3 is 2. The van der Waals surface area contributed by atoms with Gasteiger partial charge in [-0.05, 0) is 124 Å². The number of aromatic hydroxyl groups is 3. The molecule has 0 heterocycles. The number of phenols is 3. The van der Waals surface area contributed by atoms with Crippen molar-refractivity contribution in [3.05, 3.63) is 116 Å². The zero-order chi connectivity index (χ0) is 54.5. The molecule has 0 aliphatic heterocycles. The molecule has 0 aliphatic rings. The van der Waals surface area contributed by atoms with Crippen LogP contribution in [0.15, 0.2) is 100 Å². The maximum atomic E-state index is 13.5. The first-order valence-corrected chi connectivity index (χ1v) is 29.5. The summed E-state index contributed by atoms with van der Waals surface area (Å²) in [5.41, 5.74) is 0.623. The average Bonchev–Trinajstić information content (AvgIpc) is 3.21. The molecule has 0 fully saturated rings. The molecule has 70 heavy (non-hydrogen) atoms. The molecule has 0 saturated carbocycles. The third-order valence-electron chi connectivity index (χ3n) is 8.09. The second-order valence-electron chi connectivity index (χ2n) is 14.1. The molecule has 0 amide bonds. The van der Waals surface area contributed by atoms with Gasteiger partial charge in [-0.25, -0.2) is 64.0 Å². The van der Waals surface area contributed by atoms with Crippen molar-refractivity contribution in [1.82, 2.24) is 0 Å². The molecule has 5 rings (SSSR count). The van der Waals surface area contributed by atoms with Gasteiger partial charge >= 0.3 is 0 Å². The van der Waals surface area contributed by atoms with Gasteiger partial charge < -0.3 is 34.3 Å². The van der Waals surface area contributed by atoms with Gasteiger partial charge in [0.2, 0.25) is 0 Å². The number of benzene rings is 5. The predicted molar refractivity (Wildman–Crippen MR) is 252 cm³/mol. The number of hydrogen-bond donors (Lipinski definition) is 3. The van der Waals surface area contributed by atoms with Crippen LogP contribution in [0.3, 0.4) is 0 Å². The molecule has 0 aliphatic carbocycles. The van der Waals surface area contributed by atoms with E-state index in [2.05, 4.69) is 41.3 Å². The third-order valence-corrected chi connectivity index (χ3v) is 14.8. The maximum absolute atomic E-state index is 13.5. The highest BCUT2D eigenvalue weighted by atomic mass is 79.9. The van der Waals surface area contributed by atoms with Crippen molar-refractivity contribution in [1.29, 1.82) is 0 Å². The Bertz CT molecular complexity index is 2980. The van der Waals surface area contributed by atoms with Gasteiger partial charge in [-0.1, -0.05) is 0 Å². The van der Waals surface area contributed by atoms with Gasteiger partial charge in [0.05, 0.1) is 33.4 Å². The molecule has 0 saturated heterocycles. The number of sulfone groups is 5. The second-order valence-corrected chi connectivity index (χ2v) is 25.9. The van der Waals surface area contributed by atoms with E-state index in [1.54, 1.807) is 6.92 Å². The van der Waals surface area contributed by atoms with Gasteiger partial charge in [0, 0.05) is 45.5 Å². The quantitative estimate of drug-likeness (QED) is 0.0860. The maximum Gasteiger partial charge on any atom is 0.188 e. The Morgan fingerprint density at radius 3 is 1.10 bits per heavy atom. The zero-order valence-electron chi connectivity index (χ0n) is 38.0. The van der Waals surface area contributed by atoms with E-state index in [1.807, 2.05) is 0 Å². The lowest BCUT2D eigenvalue weighted by atomic mass is 10.2. The van der Waals surface area contributed by atoms with E-state index in [-0.39, 0.29) is 64.1 Å². The minimum absolute atomic E-state index is 0.00856. The summed E-state index contributed by atoms with van der Waals surface area (Å²) in [7, 11) is -14.3. The van der Waals surface area contributed by atoms with E-state index >= 15 is 0 Å². The highest BCUT2D eigenvalue weighted by Gasteiger charge is 2.18. The minimum Gasteiger partial charge on any atom is -0.505 e. The first kappa shape index (κ1) is 63.4. The molecule has 29 heteroatoms. The Morgan fingerprint density at radius 1 is 0.429 bits per heavy atom. The van der Waals surface area contributed by atoms with Gasteiger partial charge in [-0.2, -0.15) is 0 Å². The summed E-state index contributed by atoms with van der Waals surface area (Å²) in [5, 5.41) is 26.7. The predicted octanol–water partition coefficient (Wildman–Crippen LogP) is 7.37. The Hall–Kier alpha value is -4.62. The fourth-order valence-corrected chi connectivity index (χ4v) is 9.25. The van der Waals surface area contributed by atoms with Crippen molar-refractivity contribution in [2.24, 2.45) is 0 Å². The Labute approximate surface area is 418 Å². The molecule has 0 spiro atoms. The summed E-state index contributed by atoms with van der Waals surface area (Å²) in [4.78, 5) is -0.610. The smallest absolute Gasteiger partial charge is 0.188 e. The summed E-state index contributed by atoms with van der Waals surface area (Å²) < 4.78 is 195. The van der Waals surface area contributed by atoms with E-state index < -0.39 is 95.5 Å². The van der Waals surface area contributed by atoms with Crippen molar-refractivity contribution >= 4 is 81.0 Å². The van der Waals surface area contributed by atoms with Gasteiger partial charge in [0.1, 0.15) is 0 Å². The molecule has 5 aromatic carbocycles. The SMILES string of the molecule is COCOc1c(C)cc(S(C)(=O)=O)cc1F.COCOc1c(F)cc(S(C)(=O)=O)cc1Br.CS(=O)(=O)c1cc(F)c(O)c(Br)c1.CS(=O)(=O)c1ccc(O)c(F)c1.Cc1cc(S(C)(=O)=O)cc(F)c1O. The Morgan fingerprint density at radius 2 is 0.757 bits per heavy atom. The summed E-state index contributed by atoms with van der Waals surface area (Å²) in [6, 6.07) is 11.4. The molecule has 0 radical (unpaired) electrons.